The molecule has 1 aromatic carbocycles. The summed E-state index contributed by atoms with van der Waals surface area (Å²) < 4.78 is 5.42. The fraction of sp³-hybridized carbons (Fsp3) is 0.333. The SMILES string of the molecule is CCCCN=C(NC#N)Oc1ccccc1. The smallest absolute Gasteiger partial charge is 0.303 e. The zero-order chi connectivity index (χ0) is 11.6. The van der Waals surface area contributed by atoms with Crippen LogP contribution in [0.25, 0.3) is 0 Å². The summed E-state index contributed by atoms with van der Waals surface area (Å²) in [5, 5.41) is 11.0. The summed E-state index contributed by atoms with van der Waals surface area (Å²) in [6.45, 7) is 2.75. The molecule has 16 heavy (non-hydrogen) atoms. The van der Waals surface area contributed by atoms with Crippen molar-refractivity contribution in [2.75, 3.05) is 6.54 Å². The first kappa shape index (κ1) is 12.1. The lowest BCUT2D eigenvalue weighted by atomic mass is 10.3. The van der Waals surface area contributed by atoms with Crippen molar-refractivity contribution in [3.8, 4) is 11.9 Å². The molecule has 1 rings (SSSR count). The van der Waals surface area contributed by atoms with Crippen LogP contribution in [0.4, 0.5) is 0 Å². The monoisotopic (exact) mass is 217 g/mol. The first-order chi connectivity index (χ1) is 7.86. The van der Waals surface area contributed by atoms with Gasteiger partial charge in [-0.1, -0.05) is 31.5 Å². The molecule has 0 aliphatic heterocycles. The minimum Gasteiger partial charge on any atom is -0.425 e. The standard InChI is InChI=1S/C12H15N3O/c1-2-3-9-14-12(15-10-13)16-11-7-5-4-6-8-11/h4-8H,2-3,9H2,1H3,(H,14,15). The Balaban J connectivity index is 2.58. The van der Waals surface area contributed by atoms with E-state index in [9.17, 15) is 0 Å². The number of nitrogens with one attached hydrogen (secondary N) is 1. The van der Waals surface area contributed by atoms with Crippen molar-refractivity contribution in [3.05, 3.63) is 30.3 Å². The van der Waals surface area contributed by atoms with E-state index < -0.39 is 0 Å². The molecule has 1 N–H and O–H groups in total. The molecule has 0 aromatic heterocycles. The Bertz CT molecular complexity index is 368. The zero-order valence-electron chi connectivity index (χ0n) is 9.31. The first-order valence-corrected chi connectivity index (χ1v) is 5.29. The highest BCUT2D eigenvalue weighted by atomic mass is 16.5. The molecule has 4 nitrogen and oxygen atoms in total. The second-order valence-corrected chi connectivity index (χ2v) is 3.19. The molecule has 0 saturated heterocycles. The number of para-hydroxylation sites is 1. The average Bonchev–Trinajstić information content (AvgIpc) is 2.31. The van der Waals surface area contributed by atoms with Gasteiger partial charge in [0.15, 0.2) is 6.19 Å². The van der Waals surface area contributed by atoms with Crippen LogP contribution in [-0.2, 0) is 0 Å². The van der Waals surface area contributed by atoms with Crippen molar-refractivity contribution in [3.63, 3.8) is 0 Å². The van der Waals surface area contributed by atoms with E-state index in [2.05, 4.69) is 17.2 Å². The summed E-state index contributed by atoms with van der Waals surface area (Å²) in [7, 11) is 0. The fourth-order valence-electron chi connectivity index (χ4n) is 1.08. The molecular formula is C12H15N3O. The van der Waals surface area contributed by atoms with E-state index in [1.165, 1.54) is 0 Å². The van der Waals surface area contributed by atoms with Crippen LogP contribution < -0.4 is 10.1 Å². The zero-order valence-corrected chi connectivity index (χ0v) is 9.31. The minimum absolute atomic E-state index is 0.252. The van der Waals surface area contributed by atoms with Crippen molar-refractivity contribution in [1.82, 2.24) is 5.32 Å². The lowest BCUT2D eigenvalue weighted by Crippen LogP contribution is -2.24. The van der Waals surface area contributed by atoms with E-state index in [-0.39, 0.29) is 6.02 Å². The minimum atomic E-state index is 0.252. The number of rotatable bonds is 4. The molecule has 0 atom stereocenters. The van der Waals surface area contributed by atoms with Gasteiger partial charge in [-0.2, -0.15) is 5.26 Å². The van der Waals surface area contributed by atoms with Gasteiger partial charge in [0.2, 0.25) is 0 Å². The Hall–Kier alpha value is -2.02. The molecule has 0 aliphatic rings. The Morgan fingerprint density at radius 3 is 2.81 bits per heavy atom. The van der Waals surface area contributed by atoms with Gasteiger partial charge in [-0.25, -0.2) is 10.3 Å². The van der Waals surface area contributed by atoms with Crippen LogP contribution in [0.5, 0.6) is 5.75 Å². The van der Waals surface area contributed by atoms with Gasteiger partial charge in [0, 0.05) is 6.54 Å². The second-order valence-electron chi connectivity index (χ2n) is 3.19. The van der Waals surface area contributed by atoms with E-state index in [1.54, 1.807) is 0 Å². The Labute approximate surface area is 95.6 Å². The van der Waals surface area contributed by atoms with Crippen LogP contribution in [0.1, 0.15) is 19.8 Å². The van der Waals surface area contributed by atoms with Gasteiger partial charge >= 0.3 is 6.02 Å². The molecule has 0 amide bonds. The van der Waals surface area contributed by atoms with Crippen molar-refractivity contribution in [2.24, 2.45) is 4.99 Å². The third kappa shape index (κ3) is 4.47. The molecule has 1 aromatic rings. The van der Waals surface area contributed by atoms with Crippen LogP contribution >= 0.6 is 0 Å². The molecule has 0 spiro atoms. The molecular weight excluding hydrogens is 202 g/mol. The number of unbranched alkanes of at least 4 members (excludes halogenated alkanes) is 1. The molecule has 4 heteroatoms. The number of hydrogen-bond acceptors (Lipinski definition) is 3. The number of nitrogens with zero attached hydrogens (tertiary/aromatic N) is 2. The summed E-state index contributed by atoms with van der Waals surface area (Å²) in [5.74, 6) is 0.667. The lowest BCUT2D eigenvalue weighted by Gasteiger charge is -2.06. The second kappa shape index (κ2) is 7.30. The molecule has 0 fully saturated rings. The normalized spacial score (nSPS) is 10.6. The van der Waals surface area contributed by atoms with Gasteiger partial charge in [0.05, 0.1) is 0 Å². The summed E-state index contributed by atoms with van der Waals surface area (Å²) in [5.41, 5.74) is 0. The summed E-state index contributed by atoms with van der Waals surface area (Å²) in [6, 6.07) is 9.51. The summed E-state index contributed by atoms with van der Waals surface area (Å²) in [4.78, 5) is 4.16. The lowest BCUT2D eigenvalue weighted by molar-refractivity contribution is 0.525. The van der Waals surface area contributed by atoms with Gasteiger partial charge in [-0.05, 0) is 18.6 Å². The van der Waals surface area contributed by atoms with Crippen molar-refractivity contribution in [1.29, 1.82) is 5.26 Å². The van der Waals surface area contributed by atoms with Crippen LogP contribution in [0.3, 0.4) is 0 Å². The fourth-order valence-corrected chi connectivity index (χ4v) is 1.08. The predicted octanol–water partition coefficient (Wildman–Crippen LogP) is 2.29. The van der Waals surface area contributed by atoms with Gasteiger partial charge < -0.3 is 4.74 Å². The van der Waals surface area contributed by atoms with Crippen LogP contribution in [0.15, 0.2) is 35.3 Å². The van der Waals surface area contributed by atoms with Gasteiger partial charge in [0.1, 0.15) is 5.75 Å². The molecule has 0 radical (unpaired) electrons. The van der Waals surface area contributed by atoms with Crippen molar-refractivity contribution < 1.29 is 4.74 Å². The number of amidine groups is 1. The maximum absolute atomic E-state index is 8.55. The summed E-state index contributed by atoms with van der Waals surface area (Å²) in [6.07, 6.45) is 3.85. The average molecular weight is 217 g/mol. The Morgan fingerprint density at radius 1 is 1.44 bits per heavy atom. The van der Waals surface area contributed by atoms with E-state index in [4.69, 9.17) is 10.00 Å². The highest BCUT2D eigenvalue weighted by molar-refractivity contribution is 5.77. The predicted molar refractivity (Wildman–Crippen MR) is 63.0 cm³/mol. The number of nitriles is 1. The van der Waals surface area contributed by atoms with Gasteiger partial charge in [-0.15, -0.1) is 0 Å². The van der Waals surface area contributed by atoms with Crippen molar-refractivity contribution >= 4 is 6.02 Å². The van der Waals surface area contributed by atoms with Crippen molar-refractivity contribution in [2.45, 2.75) is 19.8 Å². The molecule has 0 bridgehead atoms. The highest BCUT2D eigenvalue weighted by Gasteiger charge is 2.00. The molecule has 0 aliphatic carbocycles. The Morgan fingerprint density at radius 2 is 2.19 bits per heavy atom. The maximum atomic E-state index is 8.55. The van der Waals surface area contributed by atoms with Gasteiger partial charge in [-0.3, -0.25) is 0 Å². The van der Waals surface area contributed by atoms with Gasteiger partial charge in [0.25, 0.3) is 0 Å². The topological polar surface area (TPSA) is 57.4 Å². The Kier molecular flexibility index (Phi) is 5.49. The maximum Gasteiger partial charge on any atom is 0.303 e. The van der Waals surface area contributed by atoms with E-state index >= 15 is 0 Å². The molecule has 0 saturated carbocycles. The van der Waals surface area contributed by atoms with E-state index in [0.717, 1.165) is 12.8 Å². The van der Waals surface area contributed by atoms with E-state index in [0.29, 0.717) is 12.3 Å². The number of ether oxygens (including phenoxy) is 1. The largest absolute Gasteiger partial charge is 0.425 e. The van der Waals surface area contributed by atoms with Crippen LogP contribution in [0.2, 0.25) is 0 Å². The van der Waals surface area contributed by atoms with Crippen LogP contribution in [0, 0.1) is 11.5 Å². The molecule has 0 heterocycles. The van der Waals surface area contributed by atoms with E-state index in [1.807, 2.05) is 36.5 Å². The summed E-state index contributed by atoms with van der Waals surface area (Å²) >= 11 is 0. The number of hydrogen-bond donors (Lipinski definition) is 1. The third-order valence-electron chi connectivity index (χ3n) is 1.89. The number of benzene rings is 1. The molecule has 0 unspecified atom stereocenters. The van der Waals surface area contributed by atoms with Crippen LogP contribution in [-0.4, -0.2) is 12.6 Å². The quantitative estimate of drug-likeness (QED) is 0.277. The highest BCUT2D eigenvalue weighted by Crippen LogP contribution is 2.08. The number of aliphatic imine (C=N–C) groups is 1. The molecule has 84 valence electrons. The first-order valence-electron chi connectivity index (χ1n) is 5.29. The third-order valence-corrected chi connectivity index (χ3v) is 1.89.